The summed E-state index contributed by atoms with van der Waals surface area (Å²) in [6.07, 6.45) is 2.10. The Morgan fingerprint density at radius 2 is 2.21 bits per heavy atom. The van der Waals surface area contributed by atoms with Gasteiger partial charge in [0, 0.05) is 36.8 Å². The molecular weight excluding hydrogens is 391 g/mol. The Balaban J connectivity index is 1.61. The van der Waals surface area contributed by atoms with Crippen molar-refractivity contribution >= 4 is 29.3 Å². The van der Waals surface area contributed by atoms with E-state index in [1.807, 2.05) is 13.8 Å². The molecule has 10 heteroatoms. The number of ether oxygens (including phenoxy) is 1. The number of rotatable bonds is 5. The molecule has 0 bridgehead atoms. The highest BCUT2D eigenvalue weighted by molar-refractivity contribution is 6.30. The standard InChI is InChI=1S/C18H20ClFN4O4/c1-11(2)24-10-15(9-22-24)23-4-3-18(27,16(23)25)28-17(26)21-8-12-5-13(19)7-14(20)6-12/h5-7,9-11,27H,3-4,8H2,1-2H3,(H,21,26)/t18-/m0/s1. The Kier molecular flexibility index (Phi) is 5.57. The van der Waals surface area contributed by atoms with E-state index in [2.05, 4.69) is 10.4 Å². The lowest BCUT2D eigenvalue weighted by Crippen LogP contribution is -2.46. The van der Waals surface area contributed by atoms with Crippen LogP contribution in [0.1, 0.15) is 31.9 Å². The molecular formula is C18H20ClFN4O4. The van der Waals surface area contributed by atoms with Crippen LogP contribution in [0.4, 0.5) is 14.9 Å². The zero-order chi connectivity index (χ0) is 20.5. The van der Waals surface area contributed by atoms with Crippen LogP contribution in [0.5, 0.6) is 0 Å². The van der Waals surface area contributed by atoms with Crippen LogP contribution in [0, 0.1) is 5.82 Å². The Bertz CT molecular complexity index is 883. The minimum atomic E-state index is -2.27. The summed E-state index contributed by atoms with van der Waals surface area (Å²) in [6, 6.07) is 3.94. The van der Waals surface area contributed by atoms with Crippen LogP contribution in [-0.4, -0.2) is 39.2 Å². The maximum Gasteiger partial charge on any atom is 0.410 e. The molecule has 0 spiro atoms. The molecule has 2 heterocycles. The SMILES string of the molecule is CC(C)n1cc(N2CC[C@](O)(OC(=O)NCc3cc(F)cc(Cl)c3)C2=O)cn1. The number of amides is 2. The van der Waals surface area contributed by atoms with Crippen molar-refractivity contribution < 1.29 is 23.8 Å². The number of carbonyl (C=O) groups excluding carboxylic acids is 2. The van der Waals surface area contributed by atoms with Crippen LogP contribution < -0.4 is 10.2 Å². The summed E-state index contributed by atoms with van der Waals surface area (Å²) in [6.45, 7) is 3.98. The molecule has 1 aromatic carbocycles. The molecule has 28 heavy (non-hydrogen) atoms. The number of nitrogens with one attached hydrogen (secondary N) is 1. The van der Waals surface area contributed by atoms with Gasteiger partial charge in [0.15, 0.2) is 0 Å². The number of alkyl carbamates (subject to hydrolysis) is 1. The molecule has 1 saturated heterocycles. The van der Waals surface area contributed by atoms with Crippen molar-refractivity contribution in [2.75, 3.05) is 11.4 Å². The molecule has 0 aliphatic carbocycles. The van der Waals surface area contributed by atoms with Gasteiger partial charge in [0.1, 0.15) is 5.82 Å². The third-order valence-corrected chi connectivity index (χ3v) is 4.52. The van der Waals surface area contributed by atoms with E-state index >= 15 is 0 Å². The molecule has 3 rings (SSSR count). The maximum atomic E-state index is 13.3. The highest BCUT2D eigenvalue weighted by Gasteiger charge is 2.50. The summed E-state index contributed by atoms with van der Waals surface area (Å²) in [7, 11) is 0. The molecule has 2 amide bonds. The highest BCUT2D eigenvalue weighted by Crippen LogP contribution is 2.29. The zero-order valence-corrected chi connectivity index (χ0v) is 16.1. The van der Waals surface area contributed by atoms with E-state index < -0.39 is 23.6 Å². The van der Waals surface area contributed by atoms with Crippen molar-refractivity contribution in [2.24, 2.45) is 0 Å². The van der Waals surface area contributed by atoms with Crippen molar-refractivity contribution in [1.82, 2.24) is 15.1 Å². The van der Waals surface area contributed by atoms with E-state index in [1.165, 1.54) is 23.2 Å². The Labute approximate surface area is 165 Å². The molecule has 1 aromatic heterocycles. The number of benzene rings is 1. The van der Waals surface area contributed by atoms with Crippen LogP contribution in [0.15, 0.2) is 30.6 Å². The van der Waals surface area contributed by atoms with Gasteiger partial charge in [-0.15, -0.1) is 0 Å². The van der Waals surface area contributed by atoms with Gasteiger partial charge in [-0.1, -0.05) is 11.6 Å². The van der Waals surface area contributed by atoms with E-state index in [0.29, 0.717) is 11.3 Å². The zero-order valence-electron chi connectivity index (χ0n) is 15.4. The minimum Gasteiger partial charge on any atom is -0.407 e. The predicted molar refractivity (Wildman–Crippen MR) is 99.3 cm³/mol. The normalized spacial score (nSPS) is 19.4. The molecule has 1 aliphatic heterocycles. The van der Waals surface area contributed by atoms with Crippen LogP contribution in [0.3, 0.4) is 0 Å². The molecule has 0 saturated carbocycles. The average molecular weight is 411 g/mol. The molecule has 150 valence electrons. The van der Waals surface area contributed by atoms with Crippen LogP contribution >= 0.6 is 11.6 Å². The van der Waals surface area contributed by atoms with Crippen LogP contribution in [0.2, 0.25) is 5.02 Å². The van der Waals surface area contributed by atoms with Crippen molar-refractivity contribution in [2.45, 2.75) is 38.6 Å². The minimum absolute atomic E-state index is 0.0779. The summed E-state index contributed by atoms with van der Waals surface area (Å²) < 4.78 is 20.0. The number of carbonyl (C=O) groups is 2. The van der Waals surface area contributed by atoms with Gasteiger partial charge in [-0.3, -0.25) is 9.48 Å². The van der Waals surface area contributed by atoms with Crippen LogP contribution in [-0.2, 0) is 16.1 Å². The van der Waals surface area contributed by atoms with Crippen molar-refractivity contribution in [3.63, 3.8) is 0 Å². The van der Waals surface area contributed by atoms with Gasteiger partial charge in [0.2, 0.25) is 0 Å². The first-order valence-electron chi connectivity index (χ1n) is 8.68. The van der Waals surface area contributed by atoms with Gasteiger partial charge in [-0.25, -0.2) is 9.18 Å². The first kappa shape index (κ1) is 20.1. The molecule has 0 radical (unpaired) electrons. The quantitative estimate of drug-likeness (QED) is 0.738. The van der Waals surface area contributed by atoms with Gasteiger partial charge in [-0.2, -0.15) is 5.10 Å². The number of hydrogen-bond acceptors (Lipinski definition) is 5. The molecule has 2 aromatic rings. The van der Waals surface area contributed by atoms with E-state index in [4.69, 9.17) is 16.3 Å². The maximum absolute atomic E-state index is 13.3. The summed E-state index contributed by atoms with van der Waals surface area (Å²) in [5.41, 5.74) is 0.919. The van der Waals surface area contributed by atoms with Crippen molar-refractivity contribution in [1.29, 1.82) is 0 Å². The van der Waals surface area contributed by atoms with E-state index in [1.54, 1.807) is 10.9 Å². The summed E-state index contributed by atoms with van der Waals surface area (Å²) in [4.78, 5) is 25.9. The van der Waals surface area contributed by atoms with Gasteiger partial charge in [-0.05, 0) is 37.6 Å². The Morgan fingerprint density at radius 3 is 2.86 bits per heavy atom. The molecule has 8 nitrogen and oxygen atoms in total. The third-order valence-electron chi connectivity index (χ3n) is 4.30. The second-order valence-electron chi connectivity index (χ2n) is 6.78. The van der Waals surface area contributed by atoms with Gasteiger partial charge in [0.25, 0.3) is 11.7 Å². The molecule has 0 unspecified atom stereocenters. The highest BCUT2D eigenvalue weighted by atomic mass is 35.5. The predicted octanol–water partition coefficient (Wildman–Crippen LogP) is 2.61. The van der Waals surface area contributed by atoms with Gasteiger partial charge >= 0.3 is 6.09 Å². The summed E-state index contributed by atoms with van der Waals surface area (Å²) >= 11 is 5.76. The molecule has 1 fully saturated rings. The average Bonchev–Trinajstić information content (AvgIpc) is 3.19. The van der Waals surface area contributed by atoms with Gasteiger partial charge in [0.05, 0.1) is 11.9 Å². The molecule has 2 N–H and O–H groups in total. The smallest absolute Gasteiger partial charge is 0.407 e. The fraction of sp³-hybridized carbons (Fsp3) is 0.389. The summed E-state index contributed by atoms with van der Waals surface area (Å²) in [5.74, 6) is -3.57. The Hall–Kier alpha value is -2.65. The lowest BCUT2D eigenvalue weighted by Gasteiger charge is -2.22. The van der Waals surface area contributed by atoms with E-state index in [-0.39, 0.29) is 30.6 Å². The first-order chi connectivity index (χ1) is 13.2. The van der Waals surface area contributed by atoms with E-state index in [0.717, 1.165) is 6.07 Å². The molecule has 1 aliphatic rings. The van der Waals surface area contributed by atoms with E-state index in [9.17, 15) is 19.1 Å². The fourth-order valence-electron chi connectivity index (χ4n) is 2.85. The van der Waals surface area contributed by atoms with Crippen molar-refractivity contribution in [3.8, 4) is 0 Å². The summed E-state index contributed by atoms with van der Waals surface area (Å²) in [5, 5.41) is 17.2. The van der Waals surface area contributed by atoms with Crippen LogP contribution in [0.25, 0.3) is 0 Å². The fourth-order valence-corrected chi connectivity index (χ4v) is 3.09. The number of nitrogens with zero attached hydrogens (tertiary/aromatic N) is 3. The molecule has 1 atom stereocenters. The lowest BCUT2D eigenvalue weighted by molar-refractivity contribution is -0.175. The lowest BCUT2D eigenvalue weighted by atomic mass is 10.2. The van der Waals surface area contributed by atoms with Gasteiger partial charge < -0.3 is 20.1 Å². The number of aliphatic hydroxyl groups is 1. The van der Waals surface area contributed by atoms with Crippen molar-refractivity contribution in [3.05, 3.63) is 47.0 Å². The second kappa shape index (κ2) is 7.76. The number of anilines is 1. The number of hydrogen-bond donors (Lipinski definition) is 2. The Morgan fingerprint density at radius 1 is 1.46 bits per heavy atom. The number of halogens is 2. The third kappa shape index (κ3) is 4.26. The topological polar surface area (TPSA) is 96.7 Å². The number of aromatic nitrogens is 2. The largest absolute Gasteiger partial charge is 0.410 e. The first-order valence-corrected chi connectivity index (χ1v) is 9.06. The monoisotopic (exact) mass is 410 g/mol. The second-order valence-corrected chi connectivity index (χ2v) is 7.22.